The summed E-state index contributed by atoms with van der Waals surface area (Å²) in [6.07, 6.45) is 2.13. The molecule has 3 nitrogen and oxygen atoms in total. The molecular weight excluding hydrogens is 188 g/mol. The zero-order valence-corrected chi connectivity index (χ0v) is 8.89. The predicted molar refractivity (Wildman–Crippen MR) is 60.7 cm³/mol. The zero-order valence-electron chi connectivity index (χ0n) is 8.89. The lowest BCUT2D eigenvalue weighted by Crippen LogP contribution is -2.20. The maximum atomic E-state index is 5.51. The molecule has 2 N–H and O–H groups in total. The Hall–Kier alpha value is -1.51. The molecule has 1 aliphatic rings. The number of benzene rings is 1. The summed E-state index contributed by atoms with van der Waals surface area (Å²) in [4.78, 5) is 4.26. The first-order valence-corrected chi connectivity index (χ1v) is 5.29. The van der Waals surface area contributed by atoms with Crippen LogP contribution in [-0.4, -0.2) is 18.2 Å². The molecule has 0 aliphatic carbocycles. The Balaban J connectivity index is 1.89. The quantitative estimate of drug-likeness (QED) is 0.815. The molecule has 0 fully saturated rings. The number of rotatable bonds is 3. The van der Waals surface area contributed by atoms with Crippen LogP contribution in [-0.2, 0) is 11.2 Å². The summed E-state index contributed by atoms with van der Waals surface area (Å²) in [7, 11) is 0. The molecule has 0 saturated carbocycles. The Labute approximate surface area is 90.0 Å². The highest BCUT2D eigenvalue weighted by Gasteiger charge is 2.24. The van der Waals surface area contributed by atoms with Crippen molar-refractivity contribution in [3.05, 3.63) is 35.9 Å². The SMILES string of the molecule is CC1OC(N)=NC1CCc1ccccc1. The van der Waals surface area contributed by atoms with Gasteiger partial charge in [-0.25, -0.2) is 4.99 Å². The second kappa shape index (κ2) is 4.34. The molecule has 0 spiro atoms. The van der Waals surface area contributed by atoms with Gasteiger partial charge in [-0.05, 0) is 25.3 Å². The van der Waals surface area contributed by atoms with E-state index in [0.717, 1.165) is 12.8 Å². The fourth-order valence-electron chi connectivity index (χ4n) is 1.83. The molecule has 1 aromatic carbocycles. The van der Waals surface area contributed by atoms with Gasteiger partial charge in [0, 0.05) is 0 Å². The number of hydrogen-bond donors (Lipinski definition) is 1. The highest BCUT2D eigenvalue weighted by Crippen LogP contribution is 2.17. The molecule has 2 atom stereocenters. The number of nitrogens with zero attached hydrogens (tertiary/aromatic N) is 1. The fourth-order valence-corrected chi connectivity index (χ4v) is 1.83. The molecule has 0 saturated heterocycles. The van der Waals surface area contributed by atoms with Crippen LogP contribution in [0.25, 0.3) is 0 Å². The summed E-state index contributed by atoms with van der Waals surface area (Å²) in [5.41, 5.74) is 6.85. The zero-order chi connectivity index (χ0) is 10.7. The van der Waals surface area contributed by atoms with Gasteiger partial charge in [0.25, 0.3) is 6.02 Å². The van der Waals surface area contributed by atoms with Gasteiger partial charge in [0.1, 0.15) is 6.10 Å². The van der Waals surface area contributed by atoms with E-state index >= 15 is 0 Å². The normalized spacial score (nSPS) is 24.7. The van der Waals surface area contributed by atoms with Crippen LogP contribution in [0.2, 0.25) is 0 Å². The molecule has 2 unspecified atom stereocenters. The van der Waals surface area contributed by atoms with Crippen LogP contribution in [0.4, 0.5) is 0 Å². The first-order chi connectivity index (χ1) is 7.25. The Morgan fingerprint density at radius 3 is 2.67 bits per heavy atom. The first-order valence-electron chi connectivity index (χ1n) is 5.29. The lowest BCUT2D eigenvalue weighted by molar-refractivity contribution is 0.205. The van der Waals surface area contributed by atoms with Gasteiger partial charge in [-0.2, -0.15) is 0 Å². The van der Waals surface area contributed by atoms with E-state index in [0.29, 0.717) is 6.02 Å². The fraction of sp³-hybridized carbons (Fsp3) is 0.417. The Bertz CT molecular complexity index is 348. The van der Waals surface area contributed by atoms with E-state index in [9.17, 15) is 0 Å². The maximum Gasteiger partial charge on any atom is 0.282 e. The van der Waals surface area contributed by atoms with E-state index in [4.69, 9.17) is 10.5 Å². The molecule has 3 heteroatoms. The third kappa shape index (κ3) is 2.49. The Morgan fingerprint density at radius 1 is 1.33 bits per heavy atom. The van der Waals surface area contributed by atoms with E-state index in [1.807, 2.05) is 13.0 Å². The molecule has 1 aromatic rings. The van der Waals surface area contributed by atoms with Crippen molar-refractivity contribution < 1.29 is 4.74 Å². The van der Waals surface area contributed by atoms with E-state index < -0.39 is 0 Å². The average Bonchev–Trinajstić information content (AvgIpc) is 2.56. The van der Waals surface area contributed by atoms with Crippen molar-refractivity contribution in [2.45, 2.75) is 31.9 Å². The highest BCUT2D eigenvalue weighted by molar-refractivity contribution is 5.73. The van der Waals surface area contributed by atoms with Crippen molar-refractivity contribution in [1.29, 1.82) is 0 Å². The van der Waals surface area contributed by atoms with Crippen molar-refractivity contribution in [3.63, 3.8) is 0 Å². The second-order valence-corrected chi connectivity index (χ2v) is 3.88. The molecule has 0 radical (unpaired) electrons. The van der Waals surface area contributed by atoms with Gasteiger partial charge in [0.2, 0.25) is 0 Å². The number of hydrogen-bond acceptors (Lipinski definition) is 3. The maximum absolute atomic E-state index is 5.51. The first kappa shape index (κ1) is 10.0. The molecular formula is C12H16N2O. The van der Waals surface area contributed by atoms with Crippen LogP contribution in [0.5, 0.6) is 0 Å². The van der Waals surface area contributed by atoms with Gasteiger partial charge in [-0.3, -0.25) is 0 Å². The van der Waals surface area contributed by atoms with Gasteiger partial charge in [-0.15, -0.1) is 0 Å². The van der Waals surface area contributed by atoms with Gasteiger partial charge >= 0.3 is 0 Å². The summed E-state index contributed by atoms with van der Waals surface area (Å²) in [6.45, 7) is 2.01. The predicted octanol–water partition coefficient (Wildman–Crippen LogP) is 1.72. The summed E-state index contributed by atoms with van der Waals surface area (Å²) >= 11 is 0. The Kier molecular flexibility index (Phi) is 2.90. The lowest BCUT2D eigenvalue weighted by Gasteiger charge is -2.11. The van der Waals surface area contributed by atoms with Crippen molar-refractivity contribution in [3.8, 4) is 0 Å². The van der Waals surface area contributed by atoms with Gasteiger partial charge in [-0.1, -0.05) is 30.3 Å². The molecule has 0 bridgehead atoms. The summed E-state index contributed by atoms with van der Waals surface area (Å²) in [6, 6.07) is 11.0. The number of nitrogens with two attached hydrogens (primary N) is 1. The minimum absolute atomic E-state index is 0.119. The highest BCUT2D eigenvalue weighted by atomic mass is 16.5. The largest absolute Gasteiger partial charge is 0.460 e. The molecule has 2 rings (SSSR count). The summed E-state index contributed by atoms with van der Waals surface area (Å²) in [5, 5.41) is 0. The third-order valence-electron chi connectivity index (χ3n) is 2.71. The second-order valence-electron chi connectivity index (χ2n) is 3.88. The smallest absolute Gasteiger partial charge is 0.282 e. The van der Waals surface area contributed by atoms with Crippen LogP contribution in [0.15, 0.2) is 35.3 Å². The topological polar surface area (TPSA) is 47.6 Å². The summed E-state index contributed by atoms with van der Waals surface area (Å²) in [5.74, 6) is 0. The number of amidine groups is 1. The van der Waals surface area contributed by atoms with Crippen LogP contribution in [0.1, 0.15) is 18.9 Å². The monoisotopic (exact) mass is 204 g/mol. The minimum atomic E-state index is 0.119. The van der Waals surface area contributed by atoms with Crippen molar-refractivity contribution in [2.24, 2.45) is 10.7 Å². The standard InChI is InChI=1S/C12H16N2O/c1-9-11(14-12(13)15-9)8-7-10-5-3-2-4-6-10/h2-6,9,11H,7-8H2,1H3,(H2,13,14). The number of ether oxygens (including phenoxy) is 1. The molecule has 1 aliphatic heterocycles. The lowest BCUT2D eigenvalue weighted by atomic mass is 10.0. The summed E-state index contributed by atoms with van der Waals surface area (Å²) < 4.78 is 5.29. The van der Waals surface area contributed by atoms with E-state index in [2.05, 4.69) is 29.3 Å². The average molecular weight is 204 g/mol. The third-order valence-corrected chi connectivity index (χ3v) is 2.71. The van der Waals surface area contributed by atoms with E-state index in [1.54, 1.807) is 0 Å². The Morgan fingerprint density at radius 2 is 2.07 bits per heavy atom. The minimum Gasteiger partial charge on any atom is -0.460 e. The van der Waals surface area contributed by atoms with Gasteiger partial charge in [0.15, 0.2) is 0 Å². The van der Waals surface area contributed by atoms with Gasteiger partial charge < -0.3 is 10.5 Å². The van der Waals surface area contributed by atoms with E-state index in [1.165, 1.54) is 5.56 Å². The van der Waals surface area contributed by atoms with Gasteiger partial charge in [0.05, 0.1) is 6.04 Å². The molecule has 0 aromatic heterocycles. The van der Waals surface area contributed by atoms with Crippen LogP contribution in [0, 0.1) is 0 Å². The van der Waals surface area contributed by atoms with Crippen LogP contribution < -0.4 is 5.73 Å². The molecule has 15 heavy (non-hydrogen) atoms. The van der Waals surface area contributed by atoms with Crippen molar-refractivity contribution in [1.82, 2.24) is 0 Å². The molecule has 0 amide bonds. The number of aliphatic imine (C=N–C) groups is 1. The van der Waals surface area contributed by atoms with E-state index in [-0.39, 0.29) is 12.1 Å². The van der Waals surface area contributed by atoms with Crippen molar-refractivity contribution in [2.75, 3.05) is 0 Å². The molecule has 80 valence electrons. The van der Waals surface area contributed by atoms with Crippen LogP contribution >= 0.6 is 0 Å². The van der Waals surface area contributed by atoms with Crippen LogP contribution in [0.3, 0.4) is 0 Å². The number of aryl methyl sites for hydroxylation is 1. The molecule has 1 heterocycles. The van der Waals surface area contributed by atoms with Crippen molar-refractivity contribution >= 4 is 6.02 Å².